The number of anilines is 1. The first-order valence-electron chi connectivity index (χ1n) is 6.97. The zero-order chi connectivity index (χ0) is 14.5. The predicted octanol–water partition coefficient (Wildman–Crippen LogP) is 3.63. The van der Waals surface area contributed by atoms with Crippen LogP contribution in [0.1, 0.15) is 0 Å². The minimum atomic E-state index is 0.651. The van der Waals surface area contributed by atoms with Gasteiger partial charge in [-0.15, -0.1) is 0 Å². The highest BCUT2D eigenvalue weighted by atomic mass is 32.1. The Bertz CT molecular complexity index is 734. The summed E-state index contributed by atoms with van der Waals surface area (Å²) in [6.07, 6.45) is 2.11. The Balaban J connectivity index is 1.53. The minimum Gasteiger partial charge on any atom is -0.361 e. The molecule has 2 aromatic carbocycles. The first-order chi connectivity index (χ1) is 10.3. The first kappa shape index (κ1) is 13.6. The van der Waals surface area contributed by atoms with E-state index in [2.05, 4.69) is 51.7 Å². The number of hydrogen-bond acceptors (Lipinski definition) is 1. The van der Waals surface area contributed by atoms with Crippen molar-refractivity contribution in [1.29, 1.82) is 0 Å². The zero-order valence-corrected chi connectivity index (χ0v) is 12.4. The van der Waals surface area contributed by atoms with E-state index in [1.165, 1.54) is 10.9 Å². The fourth-order valence-corrected chi connectivity index (χ4v) is 2.54. The average Bonchev–Trinajstić information content (AvgIpc) is 2.92. The molecule has 4 heteroatoms. The largest absolute Gasteiger partial charge is 0.361 e. The third-order valence-electron chi connectivity index (χ3n) is 3.35. The van der Waals surface area contributed by atoms with Crippen molar-refractivity contribution in [2.24, 2.45) is 0 Å². The molecule has 3 aromatic rings. The molecular weight excluding hydrogens is 278 g/mol. The summed E-state index contributed by atoms with van der Waals surface area (Å²) in [5, 5.41) is 8.32. The van der Waals surface area contributed by atoms with Gasteiger partial charge >= 0.3 is 0 Å². The van der Waals surface area contributed by atoms with Crippen LogP contribution in [0.4, 0.5) is 5.69 Å². The highest BCUT2D eigenvalue weighted by Gasteiger charge is 2.00. The fourth-order valence-electron chi connectivity index (χ4n) is 2.32. The van der Waals surface area contributed by atoms with Gasteiger partial charge in [0.2, 0.25) is 0 Å². The standard InChI is InChI=1S/C17H17N3S/c21-17(19-15-7-2-1-3-8-15)18-11-13-20-12-10-14-6-4-5-9-16(14)20/h1-10,12H,11,13H2,(H2,18,19,21). The Morgan fingerprint density at radius 1 is 0.952 bits per heavy atom. The monoisotopic (exact) mass is 295 g/mol. The number of para-hydroxylation sites is 2. The number of nitrogens with zero attached hydrogens (tertiary/aromatic N) is 1. The van der Waals surface area contributed by atoms with Crippen LogP contribution in [-0.4, -0.2) is 16.2 Å². The van der Waals surface area contributed by atoms with Crippen molar-refractivity contribution in [2.45, 2.75) is 6.54 Å². The van der Waals surface area contributed by atoms with Crippen LogP contribution in [0.2, 0.25) is 0 Å². The van der Waals surface area contributed by atoms with E-state index >= 15 is 0 Å². The van der Waals surface area contributed by atoms with Gasteiger partial charge in [0, 0.05) is 30.5 Å². The second-order valence-electron chi connectivity index (χ2n) is 4.81. The van der Waals surface area contributed by atoms with Gasteiger partial charge in [-0.1, -0.05) is 36.4 Å². The van der Waals surface area contributed by atoms with Gasteiger partial charge in [0.15, 0.2) is 5.11 Å². The highest BCUT2D eigenvalue weighted by Crippen LogP contribution is 2.14. The molecule has 1 aromatic heterocycles. The van der Waals surface area contributed by atoms with Crippen LogP contribution >= 0.6 is 12.2 Å². The number of rotatable bonds is 4. The lowest BCUT2D eigenvalue weighted by Gasteiger charge is -2.11. The van der Waals surface area contributed by atoms with Crippen LogP contribution in [-0.2, 0) is 6.54 Å². The van der Waals surface area contributed by atoms with E-state index in [0.29, 0.717) is 5.11 Å². The molecular formula is C17H17N3S. The van der Waals surface area contributed by atoms with E-state index in [4.69, 9.17) is 12.2 Å². The Hall–Kier alpha value is -2.33. The van der Waals surface area contributed by atoms with E-state index in [0.717, 1.165) is 18.8 Å². The number of aromatic nitrogens is 1. The lowest BCUT2D eigenvalue weighted by molar-refractivity contribution is 0.698. The Labute approximate surface area is 129 Å². The molecule has 0 saturated carbocycles. The molecule has 21 heavy (non-hydrogen) atoms. The third kappa shape index (κ3) is 3.41. The molecule has 0 aliphatic rings. The van der Waals surface area contributed by atoms with Crippen LogP contribution in [0.25, 0.3) is 10.9 Å². The van der Waals surface area contributed by atoms with Crippen molar-refractivity contribution in [3.05, 3.63) is 66.9 Å². The Kier molecular flexibility index (Phi) is 4.17. The summed E-state index contributed by atoms with van der Waals surface area (Å²) in [5.74, 6) is 0. The average molecular weight is 295 g/mol. The summed E-state index contributed by atoms with van der Waals surface area (Å²) >= 11 is 5.30. The summed E-state index contributed by atoms with van der Waals surface area (Å²) in [4.78, 5) is 0. The normalized spacial score (nSPS) is 10.5. The zero-order valence-electron chi connectivity index (χ0n) is 11.6. The maximum atomic E-state index is 5.30. The third-order valence-corrected chi connectivity index (χ3v) is 3.60. The van der Waals surface area contributed by atoms with E-state index in [9.17, 15) is 0 Å². The van der Waals surface area contributed by atoms with E-state index in [1.54, 1.807) is 0 Å². The number of hydrogen-bond donors (Lipinski definition) is 2. The Morgan fingerprint density at radius 3 is 2.57 bits per heavy atom. The van der Waals surface area contributed by atoms with Crippen LogP contribution in [0.15, 0.2) is 66.9 Å². The molecule has 0 saturated heterocycles. The topological polar surface area (TPSA) is 29.0 Å². The maximum absolute atomic E-state index is 5.30. The second-order valence-corrected chi connectivity index (χ2v) is 5.22. The summed E-state index contributed by atoms with van der Waals surface area (Å²) in [6.45, 7) is 1.67. The number of benzene rings is 2. The van der Waals surface area contributed by atoms with E-state index in [-0.39, 0.29) is 0 Å². The van der Waals surface area contributed by atoms with Gasteiger partial charge in [0.1, 0.15) is 0 Å². The van der Waals surface area contributed by atoms with Gasteiger partial charge in [-0.05, 0) is 41.9 Å². The molecule has 0 unspecified atom stereocenters. The van der Waals surface area contributed by atoms with Crippen LogP contribution < -0.4 is 10.6 Å². The first-order valence-corrected chi connectivity index (χ1v) is 7.37. The molecule has 0 fully saturated rings. The summed E-state index contributed by atoms with van der Waals surface area (Å²) in [5.41, 5.74) is 2.25. The van der Waals surface area contributed by atoms with Gasteiger partial charge in [-0.25, -0.2) is 0 Å². The summed E-state index contributed by atoms with van der Waals surface area (Å²) < 4.78 is 2.23. The van der Waals surface area contributed by atoms with Crippen molar-refractivity contribution in [1.82, 2.24) is 9.88 Å². The fraction of sp³-hybridized carbons (Fsp3) is 0.118. The smallest absolute Gasteiger partial charge is 0.170 e. The Morgan fingerprint density at radius 2 is 1.71 bits per heavy atom. The van der Waals surface area contributed by atoms with Gasteiger partial charge in [0.05, 0.1) is 0 Å². The molecule has 0 atom stereocenters. The SMILES string of the molecule is S=C(NCCn1ccc2ccccc21)Nc1ccccc1. The summed E-state index contributed by atoms with van der Waals surface area (Å²) in [7, 11) is 0. The van der Waals surface area contributed by atoms with Crippen molar-refractivity contribution < 1.29 is 0 Å². The molecule has 0 bridgehead atoms. The molecule has 106 valence electrons. The van der Waals surface area contributed by atoms with Crippen molar-refractivity contribution in [2.75, 3.05) is 11.9 Å². The highest BCUT2D eigenvalue weighted by molar-refractivity contribution is 7.80. The van der Waals surface area contributed by atoms with Crippen molar-refractivity contribution in [3.63, 3.8) is 0 Å². The molecule has 3 nitrogen and oxygen atoms in total. The lowest BCUT2D eigenvalue weighted by atomic mass is 10.2. The number of thiocarbonyl (C=S) groups is 1. The maximum Gasteiger partial charge on any atom is 0.170 e. The van der Waals surface area contributed by atoms with Crippen molar-refractivity contribution in [3.8, 4) is 0 Å². The van der Waals surface area contributed by atoms with Crippen molar-refractivity contribution >= 4 is 33.9 Å². The molecule has 1 heterocycles. The van der Waals surface area contributed by atoms with Crippen LogP contribution in [0.5, 0.6) is 0 Å². The van der Waals surface area contributed by atoms with Gasteiger partial charge in [-0.2, -0.15) is 0 Å². The quantitative estimate of drug-likeness (QED) is 0.720. The molecule has 0 radical (unpaired) electrons. The number of nitrogens with one attached hydrogen (secondary N) is 2. The second kappa shape index (κ2) is 6.41. The van der Waals surface area contributed by atoms with Gasteiger partial charge < -0.3 is 15.2 Å². The van der Waals surface area contributed by atoms with E-state index < -0.39 is 0 Å². The molecule has 0 amide bonds. The molecule has 0 aliphatic heterocycles. The van der Waals surface area contributed by atoms with Gasteiger partial charge in [0.25, 0.3) is 0 Å². The molecule has 0 spiro atoms. The molecule has 0 aliphatic carbocycles. The number of fused-ring (bicyclic) bond motifs is 1. The van der Waals surface area contributed by atoms with Crippen LogP contribution in [0.3, 0.4) is 0 Å². The van der Waals surface area contributed by atoms with Crippen LogP contribution in [0, 0.1) is 0 Å². The molecule has 3 rings (SSSR count). The van der Waals surface area contributed by atoms with Gasteiger partial charge in [-0.3, -0.25) is 0 Å². The summed E-state index contributed by atoms with van der Waals surface area (Å²) in [6, 6.07) is 20.5. The minimum absolute atomic E-state index is 0.651. The molecule has 2 N–H and O–H groups in total. The lowest BCUT2D eigenvalue weighted by Crippen LogP contribution is -2.31. The van der Waals surface area contributed by atoms with E-state index in [1.807, 2.05) is 30.3 Å². The predicted molar refractivity (Wildman–Crippen MR) is 92.6 cm³/mol.